The van der Waals surface area contributed by atoms with Gasteiger partial charge in [-0.25, -0.2) is 4.79 Å². The Hall–Kier alpha value is -3.17. The van der Waals surface area contributed by atoms with Gasteiger partial charge in [-0.2, -0.15) is 0 Å². The summed E-state index contributed by atoms with van der Waals surface area (Å²) < 4.78 is 11.0. The number of cyclic esters (lactones) is 1. The fourth-order valence-electron chi connectivity index (χ4n) is 4.52. The number of nitrogens with two attached hydrogens (primary N) is 1. The van der Waals surface area contributed by atoms with E-state index < -0.39 is 24.4 Å². The summed E-state index contributed by atoms with van der Waals surface area (Å²) in [7, 11) is 0. The molecule has 0 unspecified atom stereocenters. The third-order valence-corrected chi connectivity index (χ3v) is 6.80. The van der Waals surface area contributed by atoms with Crippen molar-refractivity contribution in [1.29, 1.82) is 0 Å². The van der Waals surface area contributed by atoms with Crippen LogP contribution in [0.25, 0.3) is 0 Å². The first-order valence-corrected chi connectivity index (χ1v) is 15.0. The molecule has 0 aromatic heterocycles. The zero-order chi connectivity index (χ0) is 31.5. The van der Waals surface area contributed by atoms with E-state index in [1.165, 1.54) is 12.2 Å². The lowest BCUT2D eigenvalue weighted by Crippen LogP contribution is -2.32. The number of aliphatic hydroxyl groups is 2. The number of ether oxygens (including phenoxy) is 2. The van der Waals surface area contributed by atoms with Crippen LogP contribution < -0.4 is 11.1 Å². The predicted molar refractivity (Wildman–Crippen MR) is 165 cm³/mol. The number of carbonyl (C=O) groups excluding carboxylic acids is 3. The molecule has 1 rings (SSSR count). The highest BCUT2D eigenvalue weighted by Gasteiger charge is 2.22. The highest BCUT2D eigenvalue weighted by Crippen LogP contribution is 2.21. The molecule has 0 aliphatic carbocycles. The van der Waals surface area contributed by atoms with E-state index in [1.54, 1.807) is 6.20 Å². The van der Waals surface area contributed by atoms with Gasteiger partial charge in [-0.1, -0.05) is 81.2 Å². The monoisotopic (exact) mass is 588 g/mol. The largest absolute Gasteiger partial charge is 0.461 e. The van der Waals surface area contributed by atoms with Gasteiger partial charge in [0.2, 0.25) is 5.91 Å². The number of carbonyl (C=O) groups is 3. The molecule has 0 aromatic carbocycles. The van der Waals surface area contributed by atoms with Crippen LogP contribution in [0.2, 0.25) is 0 Å². The van der Waals surface area contributed by atoms with E-state index in [9.17, 15) is 24.6 Å². The van der Waals surface area contributed by atoms with Crippen LogP contribution >= 0.6 is 0 Å². The van der Waals surface area contributed by atoms with Gasteiger partial charge in [0.05, 0.1) is 6.10 Å². The van der Waals surface area contributed by atoms with Crippen LogP contribution in [0, 0.1) is 11.8 Å². The number of esters is 1. The summed E-state index contributed by atoms with van der Waals surface area (Å²) >= 11 is 0. The van der Waals surface area contributed by atoms with Gasteiger partial charge in [-0.3, -0.25) is 9.59 Å². The summed E-state index contributed by atoms with van der Waals surface area (Å²) in [5.74, 6) is -0.0775. The van der Waals surface area contributed by atoms with Crippen molar-refractivity contribution >= 4 is 18.0 Å². The van der Waals surface area contributed by atoms with E-state index in [1.807, 2.05) is 65.0 Å². The minimum absolute atomic E-state index is 0.0297. The van der Waals surface area contributed by atoms with E-state index >= 15 is 0 Å². The first-order valence-electron chi connectivity index (χ1n) is 15.0. The van der Waals surface area contributed by atoms with Crippen molar-refractivity contribution in [3.63, 3.8) is 0 Å². The molecule has 0 aromatic rings. The molecule has 0 spiro atoms. The lowest BCUT2D eigenvalue weighted by Gasteiger charge is -2.23. The summed E-state index contributed by atoms with van der Waals surface area (Å²) in [4.78, 5) is 36.0. The summed E-state index contributed by atoms with van der Waals surface area (Å²) in [6.45, 7) is 9.91. The van der Waals surface area contributed by atoms with Gasteiger partial charge in [0.15, 0.2) is 0 Å². The molecule has 42 heavy (non-hydrogen) atoms. The molecule has 5 atom stereocenters. The zero-order valence-corrected chi connectivity index (χ0v) is 26.0. The first kappa shape index (κ1) is 36.9. The van der Waals surface area contributed by atoms with Crippen LogP contribution in [-0.4, -0.2) is 52.6 Å². The molecular formula is C33H52N2O7. The maximum Gasteiger partial charge on any atom is 0.404 e. The lowest BCUT2D eigenvalue weighted by molar-refractivity contribution is -0.150. The van der Waals surface area contributed by atoms with Gasteiger partial charge in [0, 0.05) is 31.4 Å². The third-order valence-electron chi connectivity index (χ3n) is 6.80. The molecule has 9 heteroatoms. The molecule has 0 saturated carbocycles. The fourth-order valence-corrected chi connectivity index (χ4v) is 4.52. The maximum absolute atomic E-state index is 12.7. The SMILES string of the molecule is CC(/C=C/NC(=O)CC(C)C)=C\[C@H](C)[C@H]1C/C(C)=C/C=C/CC[C@@H](OC(N)=O)[C@H](O)/C=C/[C@H](O)CCCCCC(=O)O1. The Balaban J connectivity index is 3.03. The molecule has 0 saturated heterocycles. The Morgan fingerprint density at radius 3 is 2.60 bits per heavy atom. The van der Waals surface area contributed by atoms with Crippen molar-refractivity contribution in [3.05, 3.63) is 59.9 Å². The summed E-state index contributed by atoms with van der Waals surface area (Å²) in [5.41, 5.74) is 7.15. The number of hydrogen-bond donors (Lipinski definition) is 4. The summed E-state index contributed by atoms with van der Waals surface area (Å²) in [6.07, 6.45) is 14.8. The summed E-state index contributed by atoms with van der Waals surface area (Å²) in [6, 6.07) is 0. The molecular weight excluding hydrogens is 536 g/mol. The van der Waals surface area contributed by atoms with Crippen molar-refractivity contribution in [1.82, 2.24) is 5.32 Å². The van der Waals surface area contributed by atoms with Crippen LogP contribution in [0.1, 0.15) is 92.4 Å². The smallest absolute Gasteiger partial charge is 0.404 e. The van der Waals surface area contributed by atoms with Crippen LogP contribution in [0.15, 0.2) is 59.9 Å². The van der Waals surface area contributed by atoms with Gasteiger partial charge in [0.1, 0.15) is 18.3 Å². The minimum atomic E-state index is -1.09. The number of nitrogens with one attached hydrogen (secondary N) is 1. The first-order chi connectivity index (χ1) is 19.9. The predicted octanol–water partition coefficient (Wildman–Crippen LogP) is 5.54. The summed E-state index contributed by atoms with van der Waals surface area (Å²) in [5, 5.41) is 23.5. The molecule has 2 amide bonds. The number of amides is 2. The van der Waals surface area contributed by atoms with Crippen LogP contribution in [-0.2, 0) is 19.1 Å². The standard InChI is InChI=1S/C33H52N2O7/c1-23(2)20-31(38)35-19-18-25(4)21-26(5)30-22-24(3)12-8-6-10-14-29(42-33(34)40)28(37)17-16-27(36)13-9-7-11-15-32(39)41-30/h6,8,12,16-19,21,23,26-30,36-37H,7,9-11,13-15,20,22H2,1-5H3,(H2,34,40)(H,35,38)/b8-6+,17-16+,19-18+,24-12+,25-21+/t26-,27+,28+,29+,30+/m0/s1. The number of rotatable bonds is 7. The van der Waals surface area contributed by atoms with Crippen molar-refractivity contribution in [2.75, 3.05) is 0 Å². The highest BCUT2D eigenvalue weighted by molar-refractivity contribution is 5.77. The van der Waals surface area contributed by atoms with Crippen molar-refractivity contribution < 1.29 is 34.1 Å². The molecule has 0 fully saturated rings. The molecule has 1 aliphatic heterocycles. The van der Waals surface area contributed by atoms with Gasteiger partial charge in [-0.15, -0.1) is 0 Å². The quantitative estimate of drug-likeness (QED) is 0.173. The van der Waals surface area contributed by atoms with E-state index in [-0.39, 0.29) is 36.2 Å². The van der Waals surface area contributed by atoms with Crippen molar-refractivity contribution in [3.8, 4) is 0 Å². The Morgan fingerprint density at radius 1 is 1.17 bits per heavy atom. The third kappa shape index (κ3) is 17.6. The second-order valence-corrected chi connectivity index (χ2v) is 11.5. The number of primary amides is 1. The average Bonchev–Trinajstić information content (AvgIpc) is 2.89. The second kappa shape index (κ2) is 20.7. The van der Waals surface area contributed by atoms with Gasteiger partial charge in [-0.05, 0) is 51.5 Å². The van der Waals surface area contributed by atoms with Crippen molar-refractivity contribution in [2.24, 2.45) is 17.6 Å². The Kier molecular flexibility index (Phi) is 18.1. The Bertz CT molecular complexity index is 996. The van der Waals surface area contributed by atoms with E-state index in [0.29, 0.717) is 44.9 Å². The maximum atomic E-state index is 12.7. The lowest BCUT2D eigenvalue weighted by atomic mass is 9.95. The normalized spacial score (nSPS) is 27.8. The zero-order valence-electron chi connectivity index (χ0n) is 26.0. The van der Waals surface area contributed by atoms with Gasteiger partial charge >= 0.3 is 12.1 Å². The Labute approximate surface area is 251 Å². The minimum Gasteiger partial charge on any atom is -0.461 e. The van der Waals surface area contributed by atoms with E-state index in [2.05, 4.69) is 5.32 Å². The highest BCUT2D eigenvalue weighted by atomic mass is 16.6. The van der Waals surface area contributed by atoms with Gasteiger partial charge < -0.3 is 30.7 Å². The number of hydrogen-bond acceptors (Lipinski definition) is 7. The molecule has 0 radical (unpaired) electrons. The molecule has 236 valence electrons. The Morgan fingerprint density at radius 2 is 1.90 bits per heavy atom. The molecule has 9 nitrogen and oxygen atoms in total. The molecule has 5 N–H and O–H groups in total. The van der Waals surface area contributed by atoms with Crippen LogP contribution in [0.3, 0.4) is 0 Å². The topological polar surface area (TPSA) is 148 Å². The van der Waals surface area contributed by atoms with Crippen LogP contribution in [0.5, 0.6) is 0 Å². The average molecular weight is 589 g/mol. The fraction of sp³-hybridized carbons (Fsp3) is 0.606. The molecule has 1 aliphatic rings. The molecule has 1 heterocycles. The van der Waals surface area contributed by atoms with E-state index in [4.69, 9.17) is 15.2 Å². The molecule has 0 bridgehead atoms. The second-order valence-electron chi connectivity index (χ2n) is 11.5. The van der Waals surface area contributed by atoms with Crippen LogP contribution in [0.4, 0.5) is 4.79 Å². The number of allylic oxidation sites excluding steroid dienone is 5. The van der Waals surface area contributed by atoms with Crippen molar-refractivity contribution in [2.45, 2.75) is 117 Å². The van der Waals surface area contributed by atoms with E-state index in [0.717, 1.165) is 17.6 Å². The number of aliphatic hydroxyl groups excluding tert-OH is 2. The van der Waals surface area contributed by atoms with Gasteiger partial charge in [0.25, 0.3) is 0 Å².